The molecule has 0 radical (unpaired) electrons. The smallest absolute Gasteiger partial charge is 0.370 e. The first-order valence-electron chi connectivity index (χ1n) is 4.03. The molecule has 0 aliphatic carbocycles. The van der Waals surface area contributed by atoms with E-state index in [1.165, 1.54) is 0 Å². The highest BCUT2D eigenvalue weighted by Crippen LogP contribution is 2.40. The van der Waals surface area contributed by atoms with Crippen LogP contribution in [0.25, 0.3) is 0 Å². The molecule has 14 heavy (non-hydrogen) atoms. The van der Waals surface area contributed by atoms with E-state index in [1.807, 2.05) is 0 Å². The van der Waals surface area contributed by atoms with E-state index in [2.05, 4.69) is 4.74 Å². The third-order valence-corrected chi connectivity index (χ3v) is 2.48. The first-order chi connectivity index (χ1) is 6.32. The molecule has 1 saturated heterocycles. The first kappa shape index (κ1) is 11.1. The molecule has 1 aliphatic heterocycles. The van der Waals surface area contributed by atoms with Crippen molar-refractivity contribution in [2.75, 3.05) is 20.2 Å². The van der Waals surface area contributed by atoms with Gasteiger partial charge in [-0.3, -0.25) is 5.41 Å². The van der Waals surface area contributed by atoms with E-state index in [0.29, 0.717) is 0 Å². The number of hydrogen-bond donors (Lipinski definition) is 2. The Bertz CT molecular complexity index is 243. The second-order valence-corrected chi connectivity index (χ2v) is 3.25. The van der Waals surface area contributed by atoms with E-state index >= 15 is 0 Å². The Morgan fingerprint density at radius 3 is 2.36 bits per heavy atom. The van der Waals surface area contributed by atoms with Crippen LogP contribution in [0.4, 0.5) is 13.2 Å². The van der Waals surface area contributed by atoms with Crippen LogP contribution in [0.15, 0.2) is 0 Å². The molecule has 3 N–H and O–H groups in total. The molecule has 1 rings (SSSR count). The van der Waals surface area contributed by atoms with Crippen LogP contribution in [-0.4, -0.2) is 42.8 Å². The van der Waals surface area contributed by atoms with Crippen molar-refractivity contribution in [3.63, 3.8) is 0 Å². The van der Waals surface area contributed by atoms with Crippen molar-refractivity contribution in [1.29, 1.82) is 5.41 Å². The summed E-state index contributed by atoms with van der Waals surface area (Å²) in [4.78, 5) is 1.15. The number of hydrogen-bond acceptors (Lipinski definition) is 2. The average Bonchev–Trinajstić information content (AvgIpc) is 2.47. The monoisotopic (exact) mass is 211 g/mol. The highest BCUT2D eigenvalue weighted by Gasteiger charge is 2.59. The number of nitrogens with one attached hydrogen (secondary N) is 1. The Morgan fingerprint density at radius 2 is 2.14 bits per heavy atom. The van der Waals surface area contributed by atoms with E-state index < -0.39 is 18.3 Å². The van der Waals surface area contributed by atoms with Crippen molar-refractivity contribution >= 4 is 5.96 Å². The van der Waals surface area contributed by atoms with Gasteiger partial charge in [-0.1, -0.05) is 0 Å². The maximum atomic E-state index is 12.6. The molecule has 0 aromatic carbocycles. The summed E-state index contributed by atoms with van der Waals surface area (Å²) in [5, 5.41) is 7.03. The molecule has 82 valence electrons. The Balaban J connectivity index is 2.82. The van der Waals surface area contributed by atoms with Gasteiger partial charge in [0.25, 0.3) is 0 Å². The molecular weight excluding hydrogens is 199 g/mol. The predicted molar refractivity (Wildman–Crippen MR) is 43.9 cm³/mol. The van der Waals surface area contributed by atoms with Gasteiger partial charge in [0, 0.05) is 20.1 Å². The molecule has 1 fully saturated rings. The van der Waals surface area contributed by atoms with Gasteiger partial charge >= 0.3 is 6.18 Å². The number of nitrogens with zero attached hydrogens (tertiary/aromatic N) is 1. The first-order valence-corrected chi connectivity index (χ1v) is 4.03. The molecule has 0 amide bonds. The quantitative estimate of drug-likeness (QED) is 0.491. The Hall–Kier alpha value is -0.980. The summed E-state index contributed by atoms with van der Waals surface area (Å²) in [6, 6.07) is 0. The van der Waals surface area contributed by atoms with Gasteiger partial charge in [0.1, 0.15) is 0 Å². The number of halogens is 3. The Kier molecular flexibility index (Phi) is 2.62. The maximum absolute atomic E-state index is 12.6. The van der Waals surface area contributed by atoms with E-state index in [4.69, 9.17) is 11.1 Å². The largest absolute Gasteiger partial charge is 0.419 e. The van der Waals surface area contributed by atoms with Crippen molar-refractivity contribution < 1.29 is 17.9 Å². The molecule has 0 spiro atoms. The molecule has 0 aromatic rings. The van der Waals surface area contributed by atoms with Gasteiger partial charge in [-0.25, -0.2) is 0 Å². The van der Waals surface area contributed by atoms with E-state index in [-0.39, 0.29) is 18.9 Å². The van der Waals surface area contributed by atoms with Crippen molar-refractivity contribution in [3.8, 4) is 0 Å². The molecule has 1 aliphatic rings. The molecular formula is C7H12F3N3O. The molecule has 0 unspecified atom stereocenters. The Morgan fingerprint density at radius 1 is 1.57 bits per heavy atom. The number of alkyl halides is 3. The molecule has 0 saturated carbocycles. The number of ether oxygens (including phenoxy) is 1. The normalized spacial score (nSPS) is 28.1. The van der Waals surface area contributed by atoms with Gasteiger partial charge in [-0.2, -0.15) is 13.2 Å². The van der Waals surface area contributed by atoms with Crippen molar-refractivity contribution in [2.45, 2.75) is 18.2 Å². The summed E-state index contributed by atoms with van der Waals surface area (Å²) in [5.41, 5.74) is 2.94. The predicted octanol–water partition coefficient (Wildman–Crippen LogP) is 0.533. The lowest BCUT2D eigenvalue weighted by Crippen LogP contribution is -2.50. The van der Waals surface area contributed by atoms with Crippen LogP contribution in [0, 0.1) is 5.41 Å². The molecule has 1 heterocycles. The topological polar surface area (TPSA) is 62.3 Å². The Labute approximate surface area is 79.3 Å². The van der Waals surface area contributed by atoms with Crippen molar-refractivity contribution in [3.05, 3.63) is 0 Å². The van der Waals surface area contributed by atoms with Crippen molar-refractivity contribution in [1.82, 2.24) is 4.90 Å². The summed E-state index contributed by atoms with van der Waals surface area (Å²) in [7, 11) is 1.02. The van der Waals surface area contributed by atoms with Crippen LogP contribution < -0.4 is 5.73 Å². The average molecular weight is 211 g/mol. The van der Waals surface area contributed by atoms with E-state index in [0.717, 1.165) is 12.0 Å². The highest BCUT2D eigenvalue weighted by molar-refractivity contribution is 5.75. The lowest BCUT2D eigenvalue weighted by atomic mass is 10.0. The van der Waals surface area contributed by atoms with Gasteiger partial charge < -0.3 is 15.4 Å². The maximum Gasteiger partial charge on any atom is 0.419 e. The number of rotatable bonds is 1. The van der Waals surface area contributed by atoms with Crippen LogP contribution in [-0.2, 0) is 4.74 Å². The van der Waals surface area contributed by atoms with Crippen LogP contribution in [0.5, 0.6) is 0 Å². The standard InChI is InChI=1S/C7H12F3N3O/c1-14-6(7(8,9)10)2-3-13(4-6)5(11)12/h2-4H2,1H3,(H3,11,12)/t6-/m0/s1. The summed E-state index contributed by atoms with van der Waals surface area (Å²) in [6.07, 6.45) is -4.61. The summed E-state index contributed by atoms with van der Waals surface area (Å²) < 4.78 is 42.3. The van der Waals surface area contributed by atoms with Gasteiger partial charge in [0.05, 0.1) is 6.54 Å². The molecule has 1 atom stereocenters. The van der Waals surface area contributed by atoms with Gasteiger partial charge in [-0.15, -0.1) is 0 Å². The molecule has 7 heteroatoms. The summed E-state index contributed by atoms with van der Waals surface area (Å²) in [6.45, 7) is -0.301. The number of nitrogens with two attached hydrogens (primary N) is 1. The van der Waals surface area contributed by atoms with E-state index in [9.17, 15) is 13.2 Å². The van der Waals surface area contributed by atoms with Crippen molar-refractivity contribution in [2.24, 2.45) is 5.73 Å². The fourth-order valence-corrected chi connectivity index (χ4v) is 1.50. The van der Waals surface area contributed by atoms with Crippen LogP contribution in [0.3, 0.4) is 0 Å². The van der Waals surface area contributed by atoms with Crippen LogP contribution >= 0.6 is 0 Å². The SMILES string of the molecule is CO[C@@]1(C(F)(F)F)CCN(C(=N)N)C1. The third-order valence-electron chi connectivity index (χ3n) is 2.48. The fourth-order valence-electron chi connectivity index (χ4n) is 1.50. The molecule has 0 bridgehead atoms. The third kappa shape index (κ3) is 1.63. The number of likely N-dealkylation sites (tertiary alicyclic amines) is 1. The zero-order chi connectivity index (χ0) is 11.0. The second kappa shape index (κ2) is 3.30. The van der Waals surface area contributed by atoms with Gasteiger partial charge in [-0.05, 0) is 0 Å². The van der Waals surface area contributed by atoms with Gasteiger partial charge in [0.15, 0.2) is 11.6 Å². The minimum Gasteiger partial charge on any atom is -0.370 e. The van der Waals surface area contributed by atoms with Crippen LogP contribution in [0.1, 0.15) is 6.42 Å². The zero-order valence-electron chi connectivity index (χ0n) is 7.69. The number of methoxy groups -OCH3 is 1. The lowest BCUT2D eigenvalue weighted by Gasteiger charge is -2.30. The van der Waals surface area contributed by atoms with E-state index in [1.54, 1.807) is 0 Å². The van der Waals surface area contributed by atoms with Gasteiger partial charge in [0.2, 0.25) is 0 Å². The lowest BCUT2D eigenvalue weighted by molar-refractivity contribution is -0.263. The number of guanidine groups is 1. The molecule has 0 aromatic heterocycles. The zero-order valence-corrected chi connectivity index (χ0v) is 7.69. The summed E-state index contributed by atoms with van der Waals surface area (Å²) in [5.74, 6) is -0.354. The fraction of sp³-hybridized carbons (Fsp3) is 0.857. The minimum absolute atomic E-state index is 0.0999. The second-order valence-electron chi connectivity index (χ2n) is 3.25. The molecule has 4 nitrogen and oxygen atoms in total. The summed E-state index contributed by atoms with van der Waals surface area (Å²) >= 11 is 0. The minimum atomic E-state index is -4.42. The van der Waals surface area contributed by atoms with Crippen LogP contribution in [0.2, 0.25) is 0 Å². The highest BCUT2D eigenvalue weighted by atomic mass is 19.4.